The summed E-state index contributed by atoms with van der Waals surface area (Å²) < 4.78 is 33.6. The van der Waals surface area contributed by atoms with Crippen LogP contribution in [0.5, 0.6) is 0 Å². The van der Waals surface area contributed by atoms with E-state index in [0.717, 1.165) is 12.8 Å². The Hall–Kier alpha value is -0.620. The smallest absolute Gasteiger partial charge is 0.305 e. The number of rotatable bonds is 7. The summed E-state index contributed by atoms with van der Waals surface area (Å²) in [5, 5.41) is 0. The molecule has 0 aliphatic heterocycles. The van der Waals surface area contributed by atoms with Crippen LogP contribution in [0.15, 0.2) is 0 Å². The van der Waals surface area contributed by atoms with E-state index in [4.69, 9.17) is 9.29 Å². The van der Waals surface area contributed by atoms with Crippen molar-refractivity contribution in [2.45, 2.75) is 32.6 Å². The summed E-state index contributed by atoms with van der Waals surface area (Å²) >= 11 is 0. The first kappa shape index (κ1) is 13.4. The highest BCUT2D eigenvalue weighted by Crippen LogP contribution is 1.97. The van der Waals surface area contributed by atoms with Gasteiger partial charge in [0, 0.05) is 6.42 Å². The molecule has 5 nitrogen and oxygen atoms in total. The van der Waals surface area contributed by atoms with Crippen LogP contribution in [-0.4, -0.2) is 31.3 Å². The Morgan fingerprint density at radius 1 is 1.36 bits per heavy atom. The van der Waals surface area contributed by atoms with Crippen LogP contribution in [0.4, 0.5) is 0 Å². The van der Waals surface area contributed by atoms with Gasteiger partial charge in [-0.2, -0.15) is 8.42 Å². The normalized spacial score (nSPS) is 11.3. The van der Waals surface area contributed by atoms with E-state index in [9.17, 15) is 13.2 Å². The van der Waals surface area contributed by atoms with E-state index >= 15 is 0 Å². The van der Waals surface area contributed by atoms with Crippen molar-refractivity contribution in [1.29, 1.82) is 0 Å². The molecule has 0 atom stereocenters. The van der Waals surface area contributed by atoms with Gasteiger partial charge in [-0.3, -0.25) is 9.35 Å². The minimum atomic E-state index is -3.93. The fourth-order valence-corrected chi connectivity index (χ4v) is 1.30. The van der Waals surface area contributed by atoms with Crippen molar-refractivity contribution in [3.8, 4) is 0 Å². The molecule has 0 bridgehead atoms. The van der Waals surface area contributed by atoms with E-state index in [1.807, 2.05) is 6.92 Å². The molecule has 1 N–H and O–H groups in total. The quantitative estimate of drug-likeness (QED) is 0.396. The molecule has 0 aromatic heterocycles. The first-order valence-electron chi connectivity index (χ1n) is 4.56. The summed E-state index contributed by atoms with van der Waals surface area (Å²) in [5.74, 6) is -0.684. The molecule has 0 aliphatic rings. The molecule has 0 fully saturated rings. The number of carbonyl (C=O) groups excluding carboxylic acids is 1. The van der Waals surface area contributed by atoms with Crippen LogP contribution in [0.2, 0.25) is 0 Å². The summed E-state index contributed by atoms with van der Waals surface area (Å²) in [4.78, 5) is 10.9. The molecule has 6 heteroatoms. The van der Waals surface area contributed by atoms with Gasteiger partial charge in [0.1, 0.15) is 0 Å². The molecular weight excluding hydrogens is 208 g/mol. The van der Waals surface area contributed by atoms with E-state index in [-0.39, 0.29) is 24.7 Å². The second-order valence-electron chi connectivity index (χ2n) is 2.96. The minimum Gasteiger partial charge on any atom is -0.466 e. The summed E-state index contributed by atoms with van der Waals surface area (Å²) in [6.45, 7) is 2.01. The number of esters is 1. The topological polar surface area (TPSA) is 80.7 Å². The fourth-order valence-electron chi connectivity index (χ4n) is 0.821. The average molecular weight is 224 g/mol. The lowest BCUT2D eigenvalue weighted by Crippen LogP contribution is -2.10. The minimum absolute atomic E-state index is 0.0440. The summed E-state index contributed by atoms with van der Waals surface area (Å²) in [6, 6.07) is 0. The van der Waals surface area contributed by atoms with E-state index < -0.39 is 10.1 Å². The standard InChI is InChI=1S/C8H16O5S/c1-2-3-5-8(9)13-6-4-7-14(10,11)12/h2-7H2,1H3,(H,10,11,12). The zero-order chi connectivity index (χ0) is 11.0. The lowest BCUT2D eigenvalue weighted by Gasteiger charge is -2.02. The lowest BCUT2D eigenvalue weighted by molar-refractivity contribution is -0.143. The molecule has 84 valence electrons. The first-order valence-corrected chi connectivity index (χ1v) is 6.17. The van der Waals surface area contributed by atoms with Crippen LogP contribution in [-0.2, 0) is 19.6 Å². The Labute approximate surface area is 84.2 Å². The largest absolute Gasteiger partial charge is 0.466 e. The molecule has 0 aromatic carbocycles. The van der Waals surface area contributed by atoms with Crippen molar-refractivity contribution in [3.63, 3.8) is 0 Å². The van der Waals surface area contributed by atoms with Crippen molar-refractivity contribution in [1.82, 2.24) is 0 Å². The van der Waals surface area contributed by atoms with Crippen molar-refractivity contribution >= 4 is 16.1 Å². The van der Waals surface area contributed by atoms with Crippen LogP contribution in [0.3, 0.4) is 0 Å². The van der Waals surface area contributed by atoms with Crippen LogP contribution in [0.25, 0.3) is 0 Å². The van der Waals surface area contributed by atoms with Gasteiger partial charge in [0.2, 0.25) is 0 Å². The zero-order valence-electron chi connectivity index (χ0n) is 8.23. The van der Waals surface area contributed by atoms with Gasteiger partial charge in [-0.05, 0) is 12.8 Å². The van der Waals surface area contributed by atoms with Gasteiger partial charge in [0.05, 0.1) is 12.4 Å². The highest BCUT2D eigenvalue weighted by molar-refractivity contribution is 7.85. The maximum Gasteiger partial charge on any atom is 0.305 e. The fraction of sp³-hybridized carbons (Fsp3) is 0.875. The third-order valence-corrected chi connectivity index (χ3v) is 2.35. The number of carbonyl (C=O) groups is 1. The highest BCUT2D eigenvalue weighted by atomic mass is 32.2. The Bertz CT molecular complexity index is 257. The Morgan fingerprint density at radius 3 is 2.50 bits per heavy atom. The van der Waals surface area contributed by atoms with Crippen LogP contribution >= 0.6 is 0 Å². The van der Waals surface area contributed by atoms with Gasteiger partial charge in [0.25, 0.3) is 10.1 Å². The molecular formula is C8H16O5S. The number of hydrogen-bond acceptors (Lipinski definition) is 4. The van der Waals surface area contributed by atoms with E-state index in [0.29, 0.717) is 6.42 Å². The highest BCUT2D eigenvalue weighted by Gasteiger charge is 2.05. The van der Waals surface area contributed by atoms with Crippen LogP contribution in [0.1, 0.15) is 32.6 Å². The lowest BCUT2D eigenvalue weighted by atomic mass is 10.2. The molecule has 0 saturated heterocycles. The van der Waals surface area contributed by atoms with Crippen molar-refractivity contribution in [2.75, 3.05) is 12.4 Å². The first-order chi connectivity index (χ1) is 6.45. The molecule has 0 radical (unpaired) electrons. The monoisotopic (exact) mass is 224 g/mol. The second kappa shape index (κ2) is 6.78. The molecule has 0 spiro atoms. The van der Waals surface area contributed by atoms with E-state index in [1.54, 1.807) is 0 Å². The molecule has 14 heavy (non-hydrogen) atoms. The maximum atomic E-state index is 10.9. The molecule has 0 heterocycles. The molecule has 0 unspecified atom stereocenters. The summed E-state index contributed by atoms with van der Waals surface area (Å²) in [6.07, 6.45) is 2.19. The number of unbranched alkanes of at least 4 members (excludes halogenated alkanes) is 1. The van der Waals surface area contributed by atoms with Crippen LogP contribution < -0.4 is 0 Å². The molecule has 0 amide bonds. The number of hydrogen-bond donors (Lipinski definition) is 1. The Morgan fingerprint density at radius 2 is 2.00 bits per heavy atom. The Balaban J connectivity index is 3.41. The third-order valence-electron chi connectivity index (χ3n) is 1.54. The molecule has 0 rings (SSSR count). The molecule has 0 saturated carbocycles. The van der Waals surface area contributed by atoms with Gasteiger partial charge in [0.15, 0.2) is 0 Å². The van der Waals surface area contributed by atoms with Crippen molar-refractivity contribution in [2.24, 2.45) is 0 Å². The second-order valence-corrected chi connectivity index (χ2v) is 4.54. The Kier molecular flexibility index (Phi) is 6.48. The van der Waals surface area contributed by atoms with Gasteiger partial charge >= 0.3 is 5.97 Å². The summed E-state index contributed by atoms with van der Waals surface area (Å²) in [7, 11) is -3.93. The zero-order valence-corrected chi connectivity index (χ0v) is 9.05. The van der Waals surface area contributed by atoms with E-state index in [1.165, 1.54) is 0 Å². The summed E-state index contributed by atoms with van der Waals surface area (Å²) in [5.41, 5.74) is 0. The predicted octanol–water partition coefficient (Wildman–Crippen LogP) is 0.998. The number of ether oxygens (including phenoxy) is 1. The molecule has 0 aliphatic carbocycles. The average Bonchev–Trinajstić information content (AvgIpc) is 2.07. The third kappa shape index (κ3) is 9.47. The van der Waals surface area contributed by atoms with Gasteiger partial charge in [-0.25, -0.2) is 0 Å². The maximum absolute atomic E-state index is 10.9. The van der Waals surface area contributed by atoms with Crippen LogP contribution in [0, 0.1) is 0 Å². The van der Waals surface area contributed by atoms with Crippen molar-refractivity contribution < 1.29 is 22.5 Å². The van der Waals surface area contributed by atoms with Gasteiger partial charge in [-0.1, -0.05) is 13.3 Å². The van der Waals surface area contributed by atoms with Gasteiger partial charge < -0.3 is 4.74 Å². The SMILES string of the molecule is CCCCC(=O)OCCCS(=O)(=O)O. The van der Waals surface area contributed by atoms with E-state index in [2.05, 4.69) is 0 Å². The predicted molar refractivity (Wildman–Crippen MR) is 51.5 cm³/mol. The molecule has 0 aromatic rings. The van der Waals surface area contributed by atoms with Crippen molar-refractivity contribution in [3.05, 3.63) is 0 Å². The van der Waals surface area contributed by atoms with Gasteiger partial charge in [-0.15, -0.1) is 0 Å².